The largest absolute Gasteiger partial charge is 0.481 e. The molecule has 1 heterocycles. The molecule has 2 fully saturated rings. The predicted molar refractivity (Wildman–Crippen MR) is 116 cm³/mol. The Morgan fingerprint density at radius 2 is 2.04 bits per heavy atom. The minimum absolute atomic E-state index is 0.0765. The molecule has 1 aromatic heterocycles. The molecule has 6 heteroatoms. The van der Waals surface area contributed by atoms with Crippen LogP contribution in [0.25, 0.3) is 10.1 Å². The second kappa shape index (κ2) is 8.87. The maximum Gasteiger partial charge on any atom is 0.313 e. The van der Waals surface area contributed by atoms with Crippen LogP contribution in [0.15, 0.2) is 29.6 Å². The van der Waals surface area contributed by atoms with E-state index in [0.29, 0.717) is 17.9 Å². The molecule has 4 atom stereocenters. The molecule has 2 bridgehead atoms. The number of hydrogen-bond acceptors (Lipinski definition) is 4. The fraction of sp³-hybridized carbons (Fsp3) is 0.545. The van der Waals surface area contributed by atoms with Crippen molar-refractivity contribution in [2.24, 2.45) is 17.8 Å². The topological polar surface area (TPSA) is 66.4 Å². The molecule has 28 heavy (non-hydrogen) atoms. The van der Waals surface area contributed by atoms with Crippen LogP contribution in [-0.4, -0.2) is 34.5 Å². The van der Waals surface area contributed by atoms with Crippen LogP contribution >= 0.6 is 23.1 Å². The molecule has 0 saturated heterocycles. The molecule has 150 valence electrons. The van der Waals surface area contributed by atoms with Crippen molar-refractivity contribution in [2.75, 3.05) is 11.5 Å². The van der Waals surface area contributed by atoms with E-state index < -0.39 is 5.97 Å². The van der Waals surface area contributed by atoms with E-state index in [4.69, 9.17) is 5.11 Å². The van der Waals surface area contributed by atoms with Crippen molar-refractivity contribution in [2.45, 2.75) is 44.6 Å². The fourth-order valence-corrected chi connectivity index (χ4v) is 6.83. The fourth-order valence-electron chi connectivity index (χ4n) is 5.20. The zero-order valence-electron chi connectivity index (χ0n) is 15.9. The second-order valence-corrected chi connectivity index (χ2v) is 10.1. The first-order valence-corrected chi connectivity index (χ1v) is 12.2. The standard InChI is InChI=1S/C22H27NO3S2/c24-19(25)13-27-10-2-1-5-17-15-7-8-16(12-15)20(17)23-22(26)18-6-3-4-14-9-11-28-21(14)18/h3-4,6,9,11,15-17,20H,1-2,5,7-8,10,12-13H2,(H,23,26)(H,24,25)/t15-,16+,17-,20-/m0/s1. The number of carboxylic acid groups (broad SMARTS) is 1. The van der Waals surface area contributed by atoms with E-state index in [2.05, 4.69) is 17.4 Å². The minimum Gasteiger partial charge on any atom is -0.481 e. The van der Waals surface area contributed by atoms with Crippen LogP contribution in [-0.2, 0) is 4.79 Å². The zero-order chi connectivity index (χ0) is 19.5. The summed E-state index contributed by atoms with van der Waals surface area (Å²) in [6, 6.07) is 8.34. The lowest BCUT2D eigenvalue weighted by Gasteiger charge is -2.32. The second-order valence-electron chi connectivity index (χ2n) is 8.08. The summed E-state index contributed by atoms with van der Waals surface area (Å²) in [6.45, 7) is 0. The number of rotatable bonds is 9. The van der Waals surface area contributed by atoms with Gasteiger partial charge in [-0.1, -0.05) is 18.6 Å². The summed E-state index contributed by atoms with van der Waals surface area (Å²) in [4.78, 5) is 23.6. The van der Waals surface area contributed by atoms with Crippen LogP contribution in [0.3, 0.4) is 0 Å². The number of nitrogens with one attached hydrogen (secondary N) is 1. The summed E-state index contributed by atoms with van der Waals surface area (Å²) in [5, 5.41) is 15.3. The van der Waals surface area contributed by atoms with Crippen molar-refractivity contribution in [3.05, 3.63) is 35.2 Å². The molecule has 2 saturated carbocycles. The number of carboxylic acids is 1. The van der Waals surface area contributed by atoms with Gasteiger partial charge in [0.05, 0.1) is 11.3 Å². The maximum atomic E-state index is 13.1. The number of benzene rings is 1. The molecular weight excluding hydrogens is 390 g/mol. The van der Waals surface area contributed by atoms with Gasteiger partial charge in [0.2, 0.25) is 0 Å². The number of thioether (sulfide) groups is 1. The monoisotopic (exact) mass is 417 g/mol. The first-order chi connectivity index (χ1) is 13.6. The van der Waals surface area contributed by atoms with E-state index in [0.717, 1.165) is 46.6 Å². The van der Waals surface area contributed by atoms with Gasteiger partial charge in [-0.3, -0.25) is 9.59 Å². The summed E-state index contributed by atoms with van der Waals surface area (Å²) < 4.78 is 1.08. The summed E-state index contributed by atoms with van der Waals surface area (Å²) in [7, 11) is 0. The maximum absolute atomic E-state index is 13.1. The van der Waals surface area contributed by atoms with Crippen molar-refractivity contribution in [1.82, 2.24) is 5.32 Å². The number of amides is 1. The molecule has 0 spiro atoms. The molecule has 1 aromatic carbocycles. The van der Waals surface area contributed by atoms with Crippen LogP contribution in [0.2, 0.25) is 0 Å². The molecule has 2 aliphatic carbocycles. The predicted octanol–water partition coefficient (Wildman–Crippen LogP) is 5.03. The first kappa shape index (κ1) is 19.8. The normalized spacial score (nSPS) is 26.0. The molecule has 4 nitrogen and oxygen atoms in total. The first-order valence-electron chi connectivity index (χ1n) is 10.2. The van der Waals surface area contributed by atoms with E-state index in [1.807, 2.05) is 17.5 Å². The molecule has 0 aliphatic heterocycles. The average Bonchev–Trinajstić information content (AvgIpc) is 3.40. The molecule has 2 aliphatic rings. The van der Waals surface area contributed by atoms with Crippen molar-refractivity contribution in [1.29, 1.82) is 0 Å². The smallest absolute Gasteiger partial charge is 0.313 e. The number of aliphatic carboxylic acids is 1. The van der Waals surface area contributed by atoms with Gasteiger partial charge in [0.15, 0.2) is 0 Å². The van der Waals surface area contributed by atoms with E-state index in [-0.39, 0.29) is 11.7 Å². The van der Waals surface area contributed by atoms with Gasteiger partial charge in [-0.15, -0.1) is 11.3 Å². The van der Waals surface area contributed by atoms with E-state index in [1.54, 1.807) is 11.3 Å². The SMILES string of the molecule is O=C(O)CSCCCC[C@H]1[C@H]2CC[C@H](C2)[C@@H]1NC(=O)c1cccc2ccsc12. The highest BCUT2D eigenvalue weighted by molar-refractivity contribution is 7.99. The van der Waals surface area contributed by atoms with Crippen LogP contribution < -0.4 is 5.32 Å². The van der Waals surface area contributed by atoms with E-state index >= 15 is 0 Å². The summed E-state index contributed by atoms with van der Waals surface area (Å²) in [5.41, 5.74) is 0.805. The van der Waals surface area contributed by atoms with Gasteiger partial charge in [0, 0.05) is 10.7 Å². The Labute approximate surface area is 174 Å². The van der Waals surface area contributed by atoms with Gasteiger partial charge >= 0.3 is 5.97 Å². The lowest BCUT2D eigenvalue weighted by atomic mass is 9.81. The molecule has 2 N–H and O–H groups in total. The highest BCUT2D eigenvalue weighted by Gasteiger charge is 2.47. The van der Waals surface area contributed by atoms with Crippen LogP contribution in [0.4, 0.5) is 0 Å². The number of carbonyl (C=O) groups is 2. The van der Waals surface area contributed by atoms with E-state index in [9.17, 15) is 9.59 Å². The third kappa shape index (κ3) is 4.23. The van der Waals surface area contributed by atoms with Gasteiger partial charge in [-0.25, -0.2) is 0 Å². The summed E-state index contributed by atoms with van der Waals surface area (Å²) >= 11 is 3.14. The Morgan fingerprint density at radius 1 is 1.18 bits per heavy atom. The van der Waals surface area contributed by atoms with Crippen molar-refractivity contribution < 1.29 is 14.7 Å². The van der Waals surface area contributed by atoms with Gasteiger partial charge in [0.1, 0.15) is 0 Å². The molecule has 4 rings (SSSR count). The van der Waals surface area contributed by atoms with E-state index in [1.165, 1.54) is 31.0 Å². The zero-order valence-corrected chi connectivity index (χ0v) is 17.6. The third-order valence-electron chi connectivity index (χ3n) is 6.41. The van der Waals surface area contributed by atoms with Gasteiger partial charge in [-0.05, 0) is 78.5 Å². The van der Waals surface area contributed by atoms with Gasteiger partial charge in [-0.2, -0.15) is 11.8 Å². The lowest BCUT2D eigenvalue weighted by Crippen LogP contribution is -2.44. The Hall–Kier alpha value is -1.53. The van der Waals surface area contributed by atoms with Gasteiger partial charge < -0.3 is 10.4 Å². The van der Waals surface area contributed by atoms with Crippen LogP contribution in [0.5, 0.6) is 0 Å². The highest BCUT2D eigenvalue weighted by Crippen LogP contribution is 2.50. The number of thiophene rings is 1. The molecule has 0 radical (unpaired) electrons. The Bertz CT molecular complexity index is 849. The Morgan fingerprint density at radius 3 is 2.89 bits per heavy atom. The number of unbranched alkanes of at least 4 members (excludes halogenated alkanes) is 1. The Kier molecular flexibility index (Phi) is 6.26. The van der Waals surface area contributed by atoms with Crippen LogP contribution in [0.1, 0.15) is 48.9 Å². The average molecular weight is 418 g/mol. The molecule has 0 unspecified atom stereocenters. The number of fused-ring (bicyclic) bond motifs is 3. The van der Waals surface area contributed by atoms with Gasteiger partial charge in [0.25, 0.3) is 5.91 Å². The lowest BCUT2D eigenvalue weighted by molar-refractivity contribution is -0.133. The molecule has 1 amide bonds. The molecular formula is C22H27NO3S2. The number of hydrogen-bond donors (Lipinski definition) is 2. The van der Waals surface area contributed by atoms with Crippen molar-refractivity contribution in [3.63, 3.8) is 0 Å². The highest BCUT2D eigenvalue weighted by atomic mass is 32.2. The van der Waals surface area contributed by atoms with Crippen molar-refractivity contribution >= 4 is 45.1 Å². The summed E-state index contributed by atoms with van der Waals surface area (Å²) in [5.74, 6) is 2.40. The minimum atomic E-state index is -0.735. The number of carbonyl (C=O) groups excluding carboxylic acids is 1. The van der Waals surface area contributed by atoms with Crippen molar-refractivity contribution in [3.8, 4) is 0 Å². The van der Waals surface area contributed by atoms with Crippen LogP contribution in [0, 0.1) is 17.8 Å². The summed E-state index contributed by atoms with van der Waals surface area (Å²) in [6.07, 6.45) is 7.11. The quantitative estimate of drug-likeness (QED) is 0.561. The Balaban J connectivity index is 1.35. The molecule has 2 aromatic rings. The third-order valence-corrected chi connectivity index (χ3v) is 8.40.